The molecule has 0 aromatic carbocycles. The number of esters is 1. The Labute approximate surface area is 106 Å². The topological polar surface area (TPSA) is 86.6 Å². The van der Waals surface area contributed by atoms with E-state index in [9.17, 15) is 9.90 Å². The normalized spacial score (nSPS) is 12.9. The fourth-order valence-corrected chi connectivity index (χ4v) is 1.04. The Morgan fingerprint density at radius 2 is 1.89 bits per heavy atom. The average molecular weight is 261 g/mol. The van der Waals surface area contributed by atoms with Crippen LogP contribution in [-0.2, 0) is 23.7 Å². The predicted octanol–water partition coefficient (Wildman–Crippen LogP) is 0.308. The van der Waals surface area contributed by atoms with Crippen molar-refractivity contribution >= 4 is 12.2 Å². The molecule has 1 N–H and O–H groups in total. The van der Waals surface area contributed by atoms with Gasteiger partial charge in [-0.3, -0.25) is 4.99 Å². The highest BCUT2D eigenvalue weighted by Crippen LogP contribution is 2.03. The second kappa shape index (κ2) is 9.58. The minimum Gasteiger partial charge on any atom is -0.509 e. The number of aliphatic hydroxyl groups is 1. The van der Waals surface area contributed by atoms with Crippen molar-refractivity contribution in [3.05, 3.63) is 11.3 Å². The summed E-state index contributed by atoms with van der Waals surface area (Å²) in [6.45, 7) is 0.0855. The van der Waals surface area contributed by atoms with Crippen LogP contribution >= 0.6 is 0 Å². The summed E-state index contributed by atoms with van der Waals surface area (Å²) >= 11 is 0. The van der Waals surface area contributed by atoms with Gasteiger partial charge in [-0.1, -0.05) is 0 Å². The van der Waals surface area contributed by atoms with E-state index in [0.717, 1.165) is 0 Å². The van der Waals surface area contributed by atoms with Gasteiger partial charge in [0.15, 0.2) is 6.29 Å². The average Bonchev–Trinajstić information content (AvgIpc) is 2.38. The summed E-state index contributed by atoms with van der Waals surface area (Å²) in [7, 11) is 5.56. The Morgan fingerprint density at radius 3 is 2.33 bits per heavy atom. The van der Waals surface area contributed by atoms with E-state index in [1.165, 1.54) is 34.7 Å². The highest BCUT2D eigenvalue weighted by atomic mass is 16.7. The lowest BCUT2D eigenvalue weighted by molar-refractivity contribution is -0.135. The molecule has 0 spiro atoms. The van der Waals surface area contributed by atoms with Gasteiger partial charge < -0.3 is 24.1 Å². The van der Waals surface area contributed by atoms with Crippen LogP contribution in [0.4, 0.5) is 0 Å². The molecule has 0 atom stereocenters. The van der Waals surface area contributed by atoms with Crippen LogP contribution in [-0.4, -0.2) is 65.2 Å². The number of nitrogens with zero attached hydrogens (tertiary/aromatic N) is 1. The van der Waals surface area contributed by atoms with Crippen molar-refractivity contribution in [3.63, 3.8) is 0 Å². The van der Waals surface area contributed by atoms with Gasteiger partial charge in [-0.2, -0.15) is 0 Å². The molecule has 0 amide bonds. The standard InChI is InChI=1S/C11H19NO6/c1-15-7-9(13)8(11(14)18-4)5-12-6-10(16-2)17-3/h5,10,13H,6-7H2,1-4H3/b9-8+,12-5?. The molecule has 0 aromatic heterocycles. The van der Waals surface area contributed by atoms with Crippen LogP contribution in [0.1, 0.15) is 0 Å². The third kappa shape index (κ3) is 5.76. The van der Waals surface area contributed by atoms with E-state index >= 15 is 0 Å². The van der Waals surface area contributed by atoms with Crippen molar-refractivity contribution in [1.82, 2.24) is 0 Å². The number of rotatable bonds is 8. The second-order valence-corrected chi connectivity index (χ2v) is 3.18. The number of hydrogen-bond donors (Lipinski definition) is 1. The molecule has 0 unspecified atom stereocenters. The molecule has 104 valence electrons. The Hall–Kier alpha value is -1.44. The number of carbonyl (C=O) groups excluding carboxylic acids is 1. The SMILES string of the molecule is COC/C(O)=C(/C=NCC(OC)OC)C(=O)OC. The third-order valence-corrected chi connectivity index (χ3v) is 2.00. The second-order valence-electron chi connectivity index (χ2n) is 3.18. The van der Waals surface area contributed by atoms with Gasteiger partial charge in [-0.15, -0.1) is 0 Å². The quantitative estimate of drug-likeness (QED) is 0.222. The van der Waals surface area contributed by atoms with Crippen molar-refractivity contribution in [2.75, 3.05) is 41.6 Å². The summed E-state index contributed by atoms with van der Waals surface area (Å²) in [5, 5.41) is 9.59. The summed E-state index contributed by atoms with van der Waals surface area (Å²) < 4.78 is 19.1. The Bertz CT molecular complexity index is 309. The van der Waals surface area contributed by atoms with E-state index < -0.39 is 12.3 Å². The molecule has 0 saturated carbocycles. The van der Waals surface area contributed by atoms with Gasteiger partial charge in [0.2, 0.25) is 0 Å². The van der Waals surface area contributed by atoms with E-state index in [1.54, 1.807) is 0 Å². The van der Waals surface area contributed by atoms with Crippen LogP contribution in [0.25, 0.3) is 0 Å². The van der Waals surface area contributed by atoms with Gasteiger partial charge in [0.25, 0.3) is 0 Å². The van der Waals surface area contributed by atoms with E-state index in [4.69, 9.17) is 14.2 Å². The molecule has 7 heteroatoms. The van der Waals surface area contributed by atoms with Crippen LogP contribution in [0, 0.1) is 0 Å². The van der Waals surface area contributed by atoms with E-state index in [-0.39, 0.29) is 24.5 Å². The van der Waals surface area contributed by atoms with E-state index in [0.29, 0.717) is 0 Å². The van der Waals surface area contributed by atoms with Crippen molar-refractivity contribution in [2.24, 2.45) is 4.99 Å². The summed E-state index contributed by atoms with van der Waals surface area (Å²) in [5.74, 6) is -0.945. The molecule has 0 radical (unpaired) electrons. The van der Waals surface area contributed by atoms with Crippen LogP contribution in [0.5, 0.6) is 0 Å². The van der Waals surface area contributed by atoms with Crippen LogP contribution in [0.3, 0.4) is 0 Å². The van der Waals surface area contributed by atoms with Gasteiger partial charge in [0.1, 0.15) is 17.9 Å². The Balaban J connectivity index is 4.75. The van der Waals surface area contributed by atoms with Gasteiger partial charge in [0, 0.05) is 27.5 Å². The summed E-state index contributed by atoms with van der Waals surface area (Å²) in [5.41, 5.74) is -0.0645. The maximum atomic E-state index is 11.4. The number of ether oxygens (including phenoxy) is 4. The first-order valence-electron chi connectivity index (χ1n) is 5.15. The minimum atomic E-state index is -0.695. The molecule has 0 aliphatic heterocycles. The van der Waals surface area contributed by atoms with Crippen molar-refractivity contribution in [1.29, 1.82) is 0 Å². The smallest absolute Gasteiger partial charge is 0.342 e. The largest absolute Gasteiger partial charge is 0.509 e. The molecular formula is C11H19NO6. The van der Waals surface area contributed by atoms with Crippen LogP contribution in [0.2, 0.25) is 0 Å². The molecule has 0 aliphatic carbocycles. The fourth-order valence-electron chi connectivity index (χ4n) is 1.04. The molecule has 18 heavy (non-hydrogen) atoms. The zero-order valence-corrected chi connectivity index (χ0v) is 11.0. The highest BCUT2D eigenvalue weighted by Gasteiger charge is 2.14. The Kier molecular flexibility index (Phi) is 8.81. The number of aliphatic imine (C=N–C) groups is 1. The van der Waals surface area contributed by atoms with E-state index in [1.807, 2.05) is 0 Å². The van der Waals surface area contributed by atoms with Crippen molar-refractivity contribution in [2.45, 2.75) is 6.29 Å². The lowest BCUT2D eigenvalue weighted by Gasteiger charge is -2.10. The minimum absolute atomic E-state index is 0.0645. The molecule has 0 aromatic rings. The number of hydrogen-bond acceptors (Lipinski definition) is 7. The summed E-state index contributed by atoms with van der Waals surface area (Å²) in [6.07, 6.45) is 0.690. The first kappa shape index (κ1) is 16.6. The molecule has 0 rings (SSSR count). The zero-order chi connectivity index (χ0) is 14.0. The molecule has 7 nitrogen and oxygen atoms in total. The predicted molar refractivity (Wildman–Crippen MR) is 64.7 cm³/mol. The van der Waals surface area contributed by atoms with E-state index in [2.05, 4.69) is 9.73 Å². The van der Waals surface area contributed by atoms with Crippen molar-refractivity contribution in [3.8, 4) is 0 Å². The molecular weight excluding hydrogens is 242 g/mol. The van der Waals surface area contributed by atoms with Gasteiger partial charge >= 0.3 is 5.97 Å². The van der Waals surface area contributed by atoms with Crippen molar-refractivity contribution < 1.29 is 28.8 Å². The molecule has 0 saturated heterocycles. The monoisotopic (exact) mass is 261 g/mol. The number of methoxy groups -OCH3 is 4. The molecule has 0 bridgehead atoms. The third-order valence-electron chi connectivity index (χ3n) is 2.00. The molecule has 0 aliphatic rings. The zero-order valence-electron chi connectivity index (χ0n) is 11.0. The van der Waals surface area contributed by atoms with Gasteiger partial charge in [-0.05, 0) is 0 Å². The Morgan fingerprint density at radius 1 is 1.28 bits per heavy atom. The summed E-state index contributed by atoms with van der Waals surface area (Å²) in [4.78, 5) is 15.3. The first-order valence-corrected chi connectivity index (χ1v) is 5.15. The lowest BCUT2D eigenvalue weighted by Crippen LogP contribution is -2.17. The highest BCUT2D eigenvalue weighted by molar-refractivity contribution is 6.09. The number of aliphatic hydroxyl groups excluding tert-OH is 1. The first-order chi connectivity index (χ1) is 8.60. The fraction of sp³-hybridized carbons (Fsp3) is 0.636. The van der Waals surface area contributed by atoms with Gasteiger partial charge in [-0.25, -0.2) is 4.79 Å². The summed E-state index contributed by atoms with van der Waals surface area (Å²) in [6, 6.07) is 0. The van der Waals surface area contributed by atoms with Crippen LogP contribution < -0.4 is 0 Å². The van der Waals surface area contributed by atoms with Gasteiger partial charge in [0.05, 0.1) is 13.7 Å². The van der Waals surface area contributed by atoms with Crippen LogP contribution in [0.15, 0.2) is 16.3 Å². The lowest BCUT2D eigenvalue weighted by atomic mass is 10.2. The molecule has 0 fully saturated rings. The maximum Gasteiger partial charge on any atom is 0.342 e. The molecule has 0 heterocycles. The maximum absolute atomic E-state index is 11.4. The number of carbonyl (C=O) groups is 1.